The fraction of sp³-hybridized carbons (Fsp3) is 0.111. The lowest BCUT2D eigenvalue weighted by Crippen LogP contribution is -2.20. The molecular weight excluding hydrogens is 316 g/mol. The van der Waals surface area contributed by atoms with Crippen LogP contribution in [-0.2, 0) is 14.3 Å². The maximum Gasteiger partial charge on any atom is 0.331 e. The normalized spacial score (nSPS) is 10.6. The molecule has 0 saturated carbocycles. The first-order valence-electron chi connectivity index (χ1n) is 7.10. The highest BCUT2D eigenvalue weighted by atomic mass is 19.2. The molecule has 0 atom stereocenters. The third-order valence-corrected chi connectivity index (χ3v) is 3.04. The molecule has 2 rings (SSSR count). The van der Waals surface area contributed by atoms with Gasteiger partial charge >= 0.3 is 5.97 Å². The molecule has 0 fully saturated rings. The second-order valence-corrected chi connectivity index (χ2v) is 5.03. The molecule has 4 nitrogen and oxygen atoms in total. The molecule has 0 heterocycles. The van der Waals surface area contributed by atoms with E-state index in [0.29, 0.717) is 0 Å². The van der Waals surface area contributed by atoms with Crippen LogP contribution in [0.4, 0.5) is 14.5 Å². The Labute approximate surface area is 137 Å². The summed E-state index contributed by atoms with van der Waals surface area (Å²) in [4.78, 5) is 23.1. The van der Waals surface area contributed by atoms with E-state index in [-0.39, 0.29) is 5.69 Å². The van der Waals surface area contributed by atoms with Crippen molar-refractivity contribution in [2.45, 2.75) is 6.92 Å². The van der Waals surface area contributed by atoms with E-state index in [1.54, 1.807) is 6.08 Å². The number of hydrogen-bond acceptors (Lipinski definition) is 3. The number of benzene rings is 2. The lowest BCUT2D eigenvalue weighted by molar-refractivity contribution is -0.142. The predicted octanol–water partition coefficient (Wildman–Crippen LogP) is 3.47. The van der Waals surface area contributed by atoms with Gasteiger partial charge in [0.2, 0.25) is 0 Å². The Morgan fingerprint density at radius 2 is 1.79 bits per heavy atom. The van der Waals surface area contributed by atoms with Gasteiger partial charge in [0.1, 0.15) is 0 Å². The minimum absolute atomic E-state index is 0.0742. The zero-order valence-electron chi connectivity index (χ0n) is 12.9. The van der Waals surface area contributed by atoms with Crippen molar-refractivity contribution in [1.29, 1.82) is 0 Å². The third kappa shape index (κ3) is 5.31. The smallest absolute Gasteiger partial charge is 0.331 e. The molecule has 24 heavy (non-hydrogen) atoms. The van der Waals surface area contributed by atoms with E-state index in [9.17, 15) is 18.4 Å². The highest BCUT2D eigenvalue weighted by molar-refractivity contribution is 5.94. The standard InChI is InChI=1S/C18H15F2NO3/c1-12-2-4-13(5-3-12)6-9-18(23)24-11-17(22)21-14-7-8-15(19)16(20)10-14/h2-10H,11H2,1H3,(H,21,22)/b9-6+. The summed E-state index contributed by atoms with van der Waals surface area (Å²) in [5, 5.41) is 2.30. The summed E-state index contributed by atoms with van der Waals surface area (Å²) in [5.41, 5.74) is 2.00. The van der Waals surface area contributed by atoms with E-state index in [0.717, 1.165) is 23.3 Å². The average molecular weight is 331 g/mol. The van der Waals surface area contributed by atoms with Crippen molar-refractivity contribution in [3.63, 3.8) is 0 Å². The molecule has 1 N–H and O–H groups in total. The number of esters is 1. The van der Waals surface area contributed by atoms with Crippen LogP contribution in [-0.4, -0.2) is 18.5 Å². The van der Waals surface area contributed by atoms with Crippen LogP contribution in [0.1, 0.15) is 11.1 Å². The first-order chi connectivity index (χ1) is 11.4. The molecule has 2 aromatic rings. The fourth-order valence-electron chi connectivity index (χ4n) is 1.80. The first kappa shape index (κ1) is 17.3. The van der Waals surface area contributed by atoms with E-state index in [1.165, 1.54) is 12.1 Å². The second kappa shape index (κ2) is 8.01. The van der Waals surface area contributed by atoms with Gasteiger partial charge in [-0.15, -0.1) is 0 Å². The molecule has 0 unspecified atom stereocenters. The van der Waals surface area contributed by atoms with Gasteiger partial charge in [0.25, 0.3) is 5.91 Å². The summed E-state index contributed by atoms with van der Waals surface area (Å²) in [6.07, 6.45) is 2.77. The van der Waals surface area contributed by atoms with E-state index in [4.69, 9.17) is 4.74 Å². The van der Waals surface area contributed by atoms with Crippen LogP contribution >= 0.6 is 0 Å². The molecule has 0 aliphatic heterocycles. The maximum absolute atomic E-state index is 13.0. The number of nitrogens with one attached hydrogen (secondary N) is 1. The van der Waals surface area contributed by atoms with Crippen LogP contribution in [0.2, 0.25) is 0 Å². The van der Waals surface area contributed by atoms with Crippen LogP contribution in [0.15, 0.2) is 48.5 Å². The Morgan fingerprint density at radius 1 is 1.08 bits per heavy atom. The zero-order valence-corrected chi connectivity index (χ0v) is 12.9. The Balaban J connectivity index is 1.81. The van der Waals surface area contributed by atoms with Crippen LogP contribution in [0.25, 0.3) is 6.08 Å². The second-order valence-electron chi connectivity index (χ2n) is 5.03. The SMILES string of the molecule is Cc1ccc(/C=C/C(=O)OCC(=O)Nc2ccc(F)c(F)c2)cc1. The van der Waals surface area contributed by atoms with Crippen molar-refractivity contribution in [2.75, 3.05) is 11.9 Å². The van der Waals surface area contributed by atoms with Gasteiger partial charge < -0.3 is 10.1 Å². The number of halogens is 2. The average Bonchev–Trinajstić information content (AvgIpc) is 2.56. The molecule has 2 aromatic carbocycles. The van der Waals surface area contributed by atoms with Crippen molar-refractivity contribution in [1.82, 2.24) is 0 Å². The quantitative estimate of drug-likeness (QED) is 0.674. The highest BCUT2D eigenvalue weighted by Crippen LogP contribution is 2.12. The molecule has 0 bridgehead atoms. The van der Waals surface area contributed by atoms with Crippen molar-refractivity contribution in [2.24, 2.45) is 0 Å². The van der Waals surface area contributed by atoms with Crippen molar-refractivity contribution >= 4 is 23.6 Å². The minimum atomic E-state index is -1.08. The molecule has 1 amide bonds. The van der Waals surface area contributed by atoms with Gasteiger partial charge in [-0.1, -0.05) is 29.8 Å². The van der Waals surface area contributed by atoms with E-state index < -0.39 is 30.1 Å². The zero-order chi connectivity index (χ0) is 17.5. The number of hydrogen-bond donors (Lipinski definition) is 1. The molecule has 0 spiro atoms. The Bertz CT molecular complexity index is 770. The molecular formula is C18H15F2NO3. The fourth-order valence-corrected chi connectivity index (χ4v) is 1.80. The Morgan fingerprint density at radius 3 is 2.46 bits per heavy atom. The van der Waals surface area contributed by atoms with Gasteiger partial charge in [0, 0.05) is 17.8 Å². The van der Waals surface area contributed by atoms with Gasteiger partial charge in [-0.25, -0.2) is 13.6 Å². The van der Waals surface area contributed by atoms with Crippen molar-refractivity contribution < 1.29 is 23.1 Å². The summed E-state index contributed by atoms with van der Waals surface area (Å²) in [5.74, 6) is -3.43. The van der Waals surface area contributed by atoms with Gasteiger partial charge in [-0.3, -0.25) is 4.79 Å². The monoisotopic (exact) mass is 331 g/mol. The number of rotatable bonds is 5. The van der Waals surface area contributed by atoms with E-state index in [2.05, 4.69) is 5.32 Å². The number of aryl methyl sites for hydroxylation is 1. The molecule has 0 aliphatic rings. The van der Waals surface area contributed by atoms with Crippen LogP contribution < -0.4 is 5.32 Å². The topological polar surface area (TPSA) is 55.4 Å². The van der Waals surface area contributed by atoms with Gasteiger partial charge in [0.15, 0.2) is 18.2 Å². The number of anilines is 1. The van der Waals surface area contributed by atoms with E-state index >= 15 is 0 Å². The van der Waals surface area contributed by atoms with Crippen molar-refractivity contribution in [3.05, 3.63) is 71.3 Å². The molecule has 0 aromatic heterocycles. The van der Waals surface area contributed by atoms with Crippen LogP contribution in [0.5, 0.6) is 0 Å². The summed E-state index contributed by atoms with van der Waals surface area (Å²) in [6, 6.07) is 10.4. The molecule has 6 heteroatoms. The van der Waals surface area contributed by atoms with Crippen molar-refractivity contribution in [3.8, 4) is 0 Å². The molecule has 0 radical (unpaired) electrons. The van der Waals surface area contributed by atoms with Gasteiger partial charge in [0.05, 0.1) is 0 Å². The van der Waals surface area contributed by atoms with Gasteiger partial charge in [-0.2, -0.15) is 0 Å². The summed E-state index contributed by atoms with van der Waals surface area (Å²) >= 11 is 0. The predicted molar refractivity (Wildman–Crippen MR) is 86.2 cm³/mol. The Kier molecular flexibility index (Phi) is 5.78. The summed E-state index contributed by atoms with van der Waals surface area (Å²) in [6.45, 7) is 1.42. The molecule has 124 valence electrons. The summed E-state index contributed by atoms with van der Waals surface area (Å²) < 4.78 is 30.6. The van der Waals surface area contributed by atoms with E-state index in [1.807, 2.05) is 31.2 Å². The largest absolute Gasteiger partial charge is 0.452 e. The lowest BCUT2D eigenvalue weighted by Gasteiger charge is -2.05. The molecule has 0 saturated heterocycles. The number of amides is 1. The molecule has 0 aliphatic carbocycles. The third-order valence-electron chi connectivity index (χ3n) is 3.04. The number of carbonyl (C=O) groups excluding carboxylic acids is 2. The Hall–Kier alpha value is -3.02. The van der Waals surface area contributed by atoms with Crippen LogP contribution in [0.3, 0.4) is 0 Å². The summed E-state index contributed by atoms with van der Waals surface area (Å²) in [7, 11) is 0. The highest BCUT2D eigenvalue weighted by Gasteiger charge is 2.08. The first-order valence-corrected chi connectivity index (χ1v) is 7.10. The number of ether oxygens (including phenoxy) is 1. The maximum atomic E-state index is 13.0. The lowest BCUT2D eigenvalue weighted by atomic mass is 10.1. The van der Waals surface area contributed by atoms with Gasteiger partial charge in [-0.05, 0) is 30.7 Å². The number of carbonyl (C=O) groups is 2. The van der Waals surface area contributed by atoms with Crippen LogP contribution in [0, 0.1) is 18.6 Å². The minimum Gasteiger partial charge on any atom is -0.452 e.